The van der Waals surface area contributed by atoms with Crippen LogP contribution in [-0.4, -0.2) is 16.9 Å². The van der Waals surface area contributed by atoms with Crippen LogP contribution in [0.4, 0.5) is 0 Å². The zero-order valence-electron chi connectivity index (χ0n) is 11.9. The summed E-state index contributed by atoms with van der Waals surface area (Å²) in [7, 11) is 0. The third-order valence-corrected chi connectivity index (χ3v) is 4.53. The predicted octanol–water partition coefficient (Wildman–Crippen LogP) is 1.70. The van der Waals surface area contributed by atoms with Gasteiger partial charge in [-0.25, -0.2) is 0 Å². The fraction of sp³-hybridized carbons (Fsp3) is 0.625. The van der Waals surface area contributed by atoms with Crippen LogP contribution in [0.15, 0.2) is 12.3 Å². The number of hydrogen-bond acceptors (Lipinski definition) is 3. The van der Waals surface area contributed by atoms with Crippen LogP contribution >= 0.6 is 0 Å². The first-order chi connectivity index (χ1) is 9.72. The molecule has 1 aromatic rings. The smallest absolute Gasteiger partial charge is 0.223 e. The first-order valence-electron chi connectivity index (χ1n) is 7.72. The van der Waals surface area contributed by atoms with Crippen molar-refractivity contribution in [3.63, 3.8) is 0 Å². The van der Waals surface area contributed by atoms with E-state index in [1.165, 1.54) is 17.7 Å². The van der Waals surface area contributed by atoms with E-state index in [-0.39, 0.29) is 17.9 Å². The number of nitrogens with two attached hydrogens (primary N) is 1. The van der Waals surface area contributed by atoms with Crippen LogP contribution in [0.25, 0.3) is 0 Å². The molecule has 1 fully saturated rings. The first-order valence-corrected chi connectivity index (χ1v) is 7.72. The van der Waals surface area contributed by atoms with Gasteiger partial charge in [0.05, 0.1) is 0 Å². The van der Waals surface area contributed by atoms with E-state index >= 15 is 0 Å². The fourth-order valence-electron chi connectivity index (χ4n) is 3.37. The number of nitrogens with one attached hydrogen (secondary N) is 1. The molecule has 2 atom stereocenters. The number of fused-ring (bicyclic) bond motifs is 1. The van der Waals surface area contributed by atoms with E-state index in [1.54, 1.807) is 0 Å². The van der Waals surface area contributed by atoms with Crippen molar-refractivity contribution in [2.45, 2.75) is 57.5 Å². The van der Waals surface area contributed by atoms with Crippen molar-refractivity contribution in [1.82, 2.24) is 10.3 Å². The molecule has 0 spiro atoms. The molecule has 0 unspecified atom stereocenters. The van der Waals surface area contributed by atoms with Crippen molar-refractivity contribution in [2.24, 2.45) is 11.7 Å². The Kier molecular flexibility index (Phi) is 4.01. The Morgan fingerprint density at radius 2 is 2.25 bits per heavy atom. The number of hydrogen-bond donors (Lipinski definition) is 2. The highest BCUT2D eigenvalue weighted by Crippen LogP contribution is 2.23. The van der Waals surface area contributed by atoms with E-state index in [4.69, 9.17) is 5.73 Å². The highest BCUT2D eigenvalue weighted by molar-refractivity contribution is 5.78. The van der Waals surface area contributed by atoms with Gasteiger partial charge >= 0.3 is 0 Å². The molecule has 20 heavy (non-hydrogen) atoms. The SMILES string of the molecule is N[C@H]1CCC[C@@H](C(=O)NCc2cnc3c(c2)CCC3)C1. The maximum atomic E-state index is 12.2. The number of nitrogens with zero attached hydrogens (tertiary/aromatic N) is 1. The van der Waals surface area contributed by atoms with Crippen molar-refractivity contribution in [1.29, 1.82) is 0 Å². The van der Waals surface area contributed by atoms with Crippen molar-refractivity contribution in [3.8, 4) is 0 Å². The quantitative estimate of drug-likeness (QED) is 0.881. The second-order valence-corrected chi connectivity index (χ2v) is 6.14. The van der Waals surface area contributed by atoms with Gasteiger partial charge in [-0.15, -0.1) is 0 Å². The average Bonchev–Trinajstić information content (AvgIpc) is 2.92. The van der Waals surface area contributed by atoms with Gasteiger partial charge in [-0.2, -0.15) is 0 Å². The first kappa shape index (κ1) is 13.6. The molecule has 1 amide bonds. The summed E-state index contributed by atoms with van der Waals surface area (Å²) in [6, 6.07) is 2.39. The maximum absolute atomic E-state index is 12.2. The number of carbonyl (C=O) groups excluding carboxylic acids is 1. The lowest BCUT2D eigenvalue weighted by Gasteiger charge is -2.25. The van der Waals surface area contributed by atoms with Crippen LogP contribution in [0.3, 0.4) is 0 Å². The van der Waals surface area contributed by atoms with Gasteiger partial charge in [0.15, 0.2) is 0 Å². The summed E-state index contributed by atoms with van der Waals surface area (Å²) in [6.45, 7) is 0.588. The normalized spacial score (nSPS) is 25.2. The molecule has 1 saturated carbocycles. The van der Waals surface area contributed by atoms with Crippen LogP contribution in [0.1, 0.15) is 48.9 Å². The van der Waals surface area contributed by atoms with Crippen molar-refractivity contribution in [2.75, 3.05) is 0 Å². The molecule has 3 rings (SSSR count). The standard InChI is InChI=1S/C16H23N3O/c17-14-5-1-4-13(8-14)16(20)19-10-11-7-12-3-2-6-15(12)18-9-11/h7,9,13-14H,1-6,8,10,17H2,(H,19,20)/t13-,14+/m1/s1. The second-order valence-electron chi connectivity index (χ2n) is 6.14. The minimum absolute atomic E-state index is 0.0983. The Labute approximate surface area is 120 Å². The molecule has 0 aliphatic heterocycles. The highest BCUT2D eigenvalue weighted by Gasteiger charge is 2.25. The summed E-state index contributed by atoms with van der Waals surface area (Å²) >= 11 is 0. The summed E-state index contributed by atoms with van der Waals surface area (Å²) in [5.41, 5.74) is 9.64. The van der Waals surface area contributed by atoms with Crippen LogP contribution in [-0.2, 0) is 24.2 Å². The number of aryl methyl sites for hydroxylation is 2. The Morgan fingerprint density at radius 1 is 1.35 bits per heavy atom. The summed E-state index contributed by atoms with van der Waals surface area (Å²) in [5.74, 6) is 0.252. The Bertz CT molecular complexity index is 500. The van der Waals surface area contributed by atoms with Gasteiger partial charge in [0.25, 0.3) is 0 Å². The van der Waals surface area contributed by atoms with Gasteiger partial charge in [-0.3, -0.25) is 9.78 Å². The summed E-state index contributed by atoms with van der Waals surface area (Å²) < 4.78 is 0. The lowest BCUT2D eigenvalue weighted by molar-refractivity contribution is -0.126. The Hall–Kier alpha value is -1.42. The minimum atomic E-state index is 0.0983. The highest BCUT2D eigenvalue weighted by atomic mass is 16.1. The van der Waals surface area contributed by atoms with Gasteiger partial charge < -0.3 is 11.1 Å². The summed E-state index contributed by atoms with van der Waals surface area (Å²) in [4.78, 5) is 16.7. The Balaban J connectivity index is 1.55. The third-order valence-electron chi connectivity index (χ3n) is 4.53. The van der Waals surface area contributed by atoms with Gasteiger partial charge in [0.2, 0.25) is 5.91 Å². The van der Waals surface area contributed by atoms with Gasteiger partial charge in [-0.1, -0.05) is 12.5 Å². The molecule has 3 N–H and O–H groups in total. The van der Waals surface area contributed by atoms with Gasteiger partial charge in [0, 0.05) is 30.4 Å². The Morgan fingerprint density at radius 3 is 3.10 bits per heavy atom. The van der Waals surface area contributed by atoms with E-state index in [0.29, 0.717) is 6.54 Å². The monoisotopic (exact) mass is 273 g/mol. The van der Waals surface area contributed by atoms with E-state index < -0.39 is 0 Å². The number of pyridine rings is 1. The molecule has 0 saturated heterocycles. The van der Waals surface area contributed by atoms with Crippen LogP contribution < -0.4 is 11.1 Å². The number of rotatable bonds is 3. The molecule has 2 aliphatic carbocycles. The number of amides is 1. The minimum Gasteiger partial charge on any atom is -0.352 e. The third kappa shape index (κ3) is 3.01. The molecule has 4 nitrogen and oxygen atoms in total. The maximum Gasteiger partial charge on any atom is 0.223 e. The fourth-order valence-corrected chi connectivity index (χ4v) is 3.37. The second kappa shape index (κ2) is 5.92. The van der Waals surface area contributed by atoms with Gasteiger partial charge in [-0.05, 0) is 49.7 Å². The summed E-state index contributed by atoms with van der Waals surface area (Å²) in [6.07, 6.45) is 9.26. The largest absolute Gasteiger partial charge is 0.352 e. The zero-order chi connectivity index (χ0) is 13.9. The van der Waals surface area contributed by atoms with Crippen molar-refractivity contribution < 1.29 is 4.79 Å². The van der Waals surface area contributed by atoms with E-state index in [1.807, 2.05) is 6.20 Å². The molecule has 4 heteroatoms. The predicted molar refractivity (Wildman–Crippen MR) is 78.0 cm³/mol. The number of aromatic nitrogens is 1. The molecule has 1 heterocycles. The molecule has 0 radical (unpaired) electrons. The molecular weight excluding hydrogens is 250 g/mol. The molecule has 0 aromatic carbocycles. The lowest BCUT2D eigenvalue weighted by Crippen LogP contribution is -2.37. The van der Waals surface area contributed by atoms with E-state index in [0.717, 1.165) is 44.1 Å². The molecular formula is C16H23N3O. The topological polar surface area (TPSA) is 68.0 Å². The van der Waals surface area contributed by atoms with E-state index in [9.17, 15) is 4.79 Å². The lowest BCUT2D eigenvalue weighted by atomic mass is 9.85. The molecule has 0 bridgehead atoms. The summed E-state index contributed by atoms with van der Waals surface area (Å²) in [5, 5.41) is 3.05. The molecule has 2 aliphatic rings. The van der Waals surface area contributed by atoms with Crippen molar-refractivity contribution in [3.05, 3.63) is 29.1 Å². The van der Waals surface area contributed by atoms with Crippen molar-refractivity contribution >= 4 is 5.91 Å². The molecule has 108 valence electrons. The van der Waals surface area contributed by atoms with Crippen LogP contribution in [0, 0.1) is 5.92 Å². The van der Waals surface area contributed by atoms with E-state index in [2.05, 4.69) is 16.4 Å². The van der Waals surface area contributed by atoms with Gasteiger partial charge in [0.1, 0.15) is 0 Å². The number of carbonyl (C=O) groups is 1. The zero-order valence-corrected chi connectivity index (χ0v) is 11.9. The van der Waals surface area contributed by atoms with Crippen LogP contribution in [0.2, 0.25) is 0 Å². The van der Waals surface area contributed by atoms with Crippen LogP contribution in [0.5, 0.6) is 0 Å². The average molecular weight is 273 g/mol. The molecule has 1 aromatic heterocycles.